The zero-order valence-electron chi connectivity index (χ0n) is 17.0. The standard InChI is InChI=1S/C25H24N2O2S/c1-27(30(2,28)29)25-24(21-16-10-5-11-17-21)23(20-14-8-4-9-15-20)22(26-25)18-19-12-6-3-7-13-19/h3-17,26H,18H2,1-2H3. The fourth-order valence-corrected chi connectivity index (χ4v) is 4.15. The van der Waals surface area contributed by atoms with E-state index in [2.05, 4.69) is 29.2 Å². The van der Waals surface area contributed by atoms with E-state index in [-0.39, 0.29) is 0 Å². The van der Waals surface area contributed by atoms with Gasteiger partial charge in [-0.15, -0.1) is 0 Å². The second-order valence-electron chi connectivity index (χ2n) is 7.33. The summed E-state index contributed by atoms with van der Waals surface area (Å²) in [6.07, 6.45) is 1.89. The van der Waals surface area contributed by atoms with E-state index in [1.165, 1.54) is 10.6 Å². The molecular formula is C25H24N2O2S. The van der Waals surface area contributed by atoms with Gasteiger partial charge < -0.3 is 4.98 Å². The lowest BCUT2D eigenvalue weighted by Crippen LogP contribution is -2.25. The number of hydrogen-bond acceptors (Lipinski definition) is 2. The van der Waals surface area contributed by atoms with Crippen LogP contribution in [0.15, 0.2) is 91.0 Å². The highest BCUT2D eigenvalue weighted by Crippen LogP contribution is 2.43. The number of aromatic amines is 1. The fourth-order valence-electron chi connectivity index (χ4n) is 3.68. The monoisotopic (exact) mass is 416 g/mol. The molecule has 1 heterocycles. The number of H-pyrrole nitrogens is 1. The zero-order valence-corrected chi connectivity index (χ0v) is 17.9. The molecule has 30 heavy (non-hydrogen) atoms. The molecule has 0 aliphatic heterocycles. The Balaban J connectivity index is 2.02. The number of aromatic nitrogens is 1. The summed E-state index contributed by atoms with van der Waals surface area (Å²) in [5, 5.41) is 0. The minimum absolute atomic E-state index is 0.577. The number of rotatable bonds is 6. The number of anilines is 1. The molecule has 4 rings (SSSR count). The third kappa shape index (κ3) is 4.02. The van der Waals surface area contributed by atoms with Crippen molar-refractivity contribution in [2.75, 3.05) is 17.6 Å². The molecule has 0 bridgehead atoms. The van der Waals surface area contributed by atoms with Crippen molar-refractivity contribution in [1.29, 1.82) is 0 Å². The van der Waals surface area contributed by atoms with Crippen molar-refractivity contribution in [3.63, 3.8) is 0 Å². The summed E-state index contributed by atoms with van der Waals surface area (Å²) in [7, 11) is -1.85. The van der Waals surface area contributed by atoms with Crippen LogP contribution in [-0.4, -0.2) is 26.7 Å². The summed E-state index contributed by atoms with van der Waals surface area (Å²) in [5.41, 5.74) is 6.07. The van der Waals surface area contributed by atoms with Crippen LogP contribution in [0.3, 0.4) is 0 Å². The molecule has 0 aliphatic rings. The predicted molar refractivity (Wildman–Crippen MR) is 124 cm³/mol. The zero-order chi connectivity index (χ0) is 21.1. The molecule has 0 radical (unpaired) electrons. The average molecular weight is 417 g/mol. The number of sulfonamides is 1. The van der Waals surface area contributed by atoms with Gasteiger partial charge in [0.25, 0.3) is 0 Å². The summed E-state index contributed by atoms with van der Waals surface area (Å²) in [5.74, 6) is 0.577. The van der Waals surface area contributed by atoms with Gasteiger partial charge in [0.05, 0.1) is 6.26 Å². The highest BCUT2D eigenvalue weighted by atomic mass is 32.2. The van der Waals surface area contributed by atoms with Crippen LogP contribution in [0.5, 0.6) is 0 Å². The van der Waals surface area contributed by atoms with Crippen molar-refractivity contribution >= 4 is 15.8 Å². The molecule has 0 unspecified atom stereocenters. The quantitative estimate of drug-likeness (QED) is 0.462. The smallest absolute Gasteiger partial charge is 0.233 e. The van der Waals surface area contributed by atoms with Gasteiger partial charge in [-0.05, 0) is 16.7 Å². The Morgan fingerprint density at radius 3 is 1.70 bits per heavy atom. The van der Waals surface area contributed by atoms with Crippen LogP contribution in [0.2, 0.25) is 0 Å². The molecule has 1 N–H and O–H groups in total. The summed E-state index contributed by atoms with van der Waals surface area (Å²) in [6, 6.07) is 30.2. The van der Waals surface area contributed by atoms with Crippen molar-refractivity contribution in [3.8, 4) is 22.3 Å². The van der Waals surface area contributed by atoms with E-state index >= 15 is 0 Å². The van der Waals surface area contributed by atoms with Crippen LogP contribution in [0.4, 0.5) is 5.82 Å². The highest BCUT2D eigenvalue weighted by Gasteiger charge is 2.25. The van der Waals surface area contributed by atoms with Gasteiger partial charge in [0.15, 0.2) is 0 Å². The van der Waals surface area contributed by atoms with Gasteiger partial charge in [-0.25, -0.2) is 8.42 Å². The van der Waals surface area contributed by atoms with Gasteiger partial charge in [0.2, 0.25) is 10.0 Å². The van der Waals surface area contributed by atoms with Crippen molar-refractivity contribution in [2.45, 2.75) is 6.42 Å². The number of benzene rings is 3. The lowest BCUT2D eigenvalue weighted by Gasteiger charge is -2.18. The molecule has 0 amide bonds. The molecule has 0 saturated carbocycles. The van der Waals surface area contributed by atoms with Gasteiger partial charge in [0.1, 0.15) is 5.82 Å². The summed E-state index contributed by atoms with van der Waals surface area (Å²) in [4.78, 5) is 3.45. The molecule has 0 atom stereocenters. The van der Waals surface area contributed by atoms with Crippen LogP contribution in [0.25, 0.3) is 22.3 Å². The lowest BCUT2D eigenvalue weighted by molar-refractivity contribution is 0.600. The molecule has 0 spiro atoms. The molecule has 0 saturated heterocycles. The van der Waals surface area contributed by atoms with Crippen LogP contribution in [0.1, 0.15) is 11.3 Å². The largest absolute Gasteiger partial charge is 0.343 e. The summed E-state index contributed by atoms with van der Waals surface area (Å²) in [6.45, 7) is 0. The number of nitrogens with zero attached hydrogens (tertiary/aromatic N) is 1. The first-order valence-electron chi connectivity index (χ1n) is 9.78. The van der Waals surface area contributed by atoms with E-state index in [1.54, 1.807) is 7.05 Å². The topological polar surface area (TPSA) is 53.2 Å². The molecule has 4 aromatic rings. The van der Waals surface area contributed by atoms with E-state index in [4.69, 9.17) is 0 Å². The highest BCUT2D eigenvalue weighted by molar-refractivity contribution is 7.92. The summed E-state index contributed by atoms with van der Waals surface area (Å²) < 4.78 is 26.2. The van der Waals surface area contributed by atoms with Crippen LogP contribution >= 0.6 is 0 Å². The Hall–Kier alpha value is -3.31. The first-order chi connectivity index (χ1) is 14.4. The van der Waals surface area contributed by atoms with Gasteiger partial charge in [-0.1, -0.05) is 91.0 Å². The van der Waals surface area contributed by atoms with E-state index < -0.39 is 10.0 Å². The third-order valence-corrected chi connectivity index (χ3v) is 6.40. The van der Waals surface area contributed by atoms with Crippen LogP contribution in [0, 0.1) is 0 Å². The Kier molecular flexibility index (Phi) is 5.46. The van der Waals surface area contributed by atoms with Gasteiger partial charge in [-0.2, -0.15) is 0 Å². The molecule has 152 valence electrons. The third-order valence-electron chi connectivity index (χ3n) is 5.22. The predicted octanol–water partition coefficient (Wildman–Crippen LogP) is 5.34. The maximum absolute atomic E-state index is 12.4. The Morgan fingerprint density at radius 2 is 1.20 bits per heavy atom. The molecule has 1 aromatic heterocycles. The molecule has 4 nitrogen and oxygen atoms in total. The van der Waals surface area contributed by atoms with E-state index in [0.29, 0.717) is 12.2 Å². The van der Waals surface area contributed by atoms with Gasteiger partial charge in [0, 0.05) is 30.3 Å². The second kappa shape index (κ2) is 8.20. The van der Waals surface area contributed by atoms with Crippen molar-refractivity contribution in [1.82, 2.24) is 4.98 Å². The molecule has 3 aromatic carbocycles. The Bertz CT molecular complexity index is 1230. The molecule has 5 heteroatoms. The average Bonchev–Trinajstić information content (AvgIpc) is 3.13. The maximum Gasteiger partial charge on any atom is 0.233 e. The number of nitrogens with one attached hydrogen (secondary N) is 1. The van der Waals surface area contributed by atoms with Crippen molar-refractivity contribution < 1.29 is 8.42 Å². The van der Waals surface area contributed by atoms with Crippen LogP contribution < -0.4 is 4.31 Å². The van der Waals surface area contributed by atoms with Gasteiger partial charge in [-0.3, -0.25) is 4.31 Å². The Morgan fingerprint density at radius 1 is 0.733 bits per heavy atom. The minimum Gasteiger partial charge on any atom is -0.343 e. The summed E-state index contributed by atoms with van der Waals surface area (Å²) >= 11 is 0. The maximum atomic E-state index is 12.4. The lowest BCUT2D eigenvalue weighted by atomic mass is 9.94. The minimum atomic E-state index is -3.44. The Labute approximate surface area is 177 Å². The normalized spacial score (nSPS) is 11.4. The van der Waals surface area contributed by atoms with Gasteiger partial charge >= 0.3 is 0 Å². The first-order valence-corrected chi connectivity index (χ1v) is 11.6. The van der Waals surface area contributed by atoms with Crippen molar-refractivity contribution in [2.24, 2.45) is 0 Å². The fraction of sp³-hybridized carbons (Fsp3) is 0.120. The van der Waals surface area contributed by atoms with E-state index in [1.807, 2.05) is 66.7 Å². The second-order valence-corrected chi connectivity index (χ2v) is 9.34. The van der Waals surface area contributed by atoms with Crippen molar-refractivity contribution in [3.05, 3.63) is 102 Å². The molecule has 0 fully saturated rings. The van der Waals surface area contributed by atoms with E-state index in [0.717, 1.165) is 33.5 Å². The first kappa shape index (κ1) is 20.0. The SMILES string of the molecule is CN(c1[nH]c(Cc2ccccc2)c(-c2ccccc2)c1-c1ccccc1)S(C)(=O)=O. The number of hydrogen-bond donors (Lipinski definition) is 1. The molecule has 0 aliphatic carbocycles. The molecular weight excluding hydrogens is 392 g/mol. The van der Waals surface area contributed by atoms with E-state index in [9.17, 15) is 8.42 Å². The van der Waals surface area contributed by atoms with Crippen LogP contribution in [-0.2, 0) is 16.4 Å².